The summed E-state index contributed by atoms with van der Waals surface area (Å²) in [6, 6.07) is 8.88. The lowest BCUT2D eigenvalue weighted by molar-refractivity contribution is 0.102. The van der Waals surface area contributed by atoms with Crippen LogP contribution in [0.1, 0.15) is 16.1 Å². The molecule has 1 aromatic heterocycles. The number of carbonyl (C=O) groups is 1. The Hall–Kier alpha value is -2.49. The maximum Gasteiger partial charge on any atom is 0.264 e. The van der Waals surface area contributed by atoms with Crippen LogP contribution >= 0.6 is 22.9 Å². The fourth-order valence-electron chi connectivity index (χ4n) is 2.36. The summed E-state index contributed by atoms with van der Waals surface area (Å²) >= 11 is 7.35. The summed E-state index contributed by atoms with van der Waals surface area (Å²) in [5.41, 5.74) is 1.03. The van der Waals surface area contributed by atoms with E-state index >= 15 is 0 Å². The zero-order valence-electron chi connectivity index (χ0n) is 14.8. The average molecular weight is 440 g/mol. The molecule has 6 nitrogen and oxygen atoms in total. The molecule has 0 aliphatic heterocycles. The maximum atomic E-state index is 13.1. The lowest BCUT2D eigenvalue weighted by atomic mass is 10.2. The molecular formula is C18H15ClFN3O3S2. The number of carbonyl (C=O) groups excluding carboxylic acids is 1. The SMILES string of the molecule is Cc1csc(NC(=O)c2cc(S(=O)(=O)N(C)c3ccc(F)cc3)ccc2Cl)n1. The van der Waals surface area contributed by atoms with E-state index < -0.39 is 21.7 Å². The van der Waals surface area contributed by atoms with Gasteiger partial charge in [-0.1, -0.05) is 11.6 Å². The van der Waals surface area contributed by atoms with Gasteiger partial charge in [-0.3, -0.25) is 14.4 Å². The van der Waals surface area contributed by atoms with Crippen LogP contribution < -0.4 is 9.62 Å². The van der Waals surface area contributed by atoms with Gasteiger partial charge in [0, 0.05) is 12.4 Å². The van der Waals surface area contributed by atoms with Gasteiger partial charge in [0.2, 0.25) is 0 Å². The van der Waals surface area contributed by atoms with Gasteiger partial charge in [-0.25, -0.2) is 17.8 Å². The second-order valence-electron chi connectivity index (χ2n) is 5.84. The van der Waals surface area contributed by atoms with E-state index in [1.54, 1.807) is 12.3 Å². The number of sulfonamides is 1. The van der Waals surface area contributed by atoms with Crippen molar-refractivity contribution in [2.75, 3.05) is 16.7 Å². The van der Waals surface area contributed by atoms with Gasteiger partial charge in [0.25, 0.3) is 15.9 Å². The van der Waals surface area contributed by atoms with Crippen molar-refractivity contribution in [1.82, 2.24) is 4.98 Å². The first-order chi connectivity index (χ1) is 13.2. The Morgan fingerprint density at radius 1 is 1.21 bits per heavy atom. The van der Waals surface area contributed by atoms with Crippen LogP contribution in [0.5, 0.6) is 0 Å². The van der Waals surface area contributed by atoms with Gasteiger partial charge >= 0.3 is 0 Å². The highest BCUT2D eigenvalue weighted by Gasteiger charge is 2.24. The smallest absolute Gasteiger partial charge is 0.264 e. The molecule has 0 atom stereocenters. The van der Waals surface area contributed by atoms with E-state index in [1.807, 2.05) is 0 Å². The van der Waals surface area contributed by atoms with E-state index in [1.165, 1.54) is 48.7 Å². The second-order valence-corrected chi connectivity index (χ2v) is 9.07. The summed E-state index contributed by atoms with van der Waals surface area (Å²) in [6.45, 7) is 1.79. The molecule has 1 amide bonds. The molecule has 1 N–H and O–H groups in total. The Bertz CT molecular complexity index is 1130. The maximum absolute atomic E-state index is 13.1. The normalized spacial score (nSPS) is 11.3. The van der Waals surface area contributed by atoms with Crippen molar-refractivity contribution in [1.29, 1.82) is 0 Å². The second kappa shape index (κ2) is 7.86. The first kappa shape index (κ1) is 20.2. The van der Waals surface area contributed by atoms with Gasteiger partial charge in [-0.15, -0.1) is 11.3 Å². The van der Waals surface area contributed by atoms with E-state index in [-0.39, 0.29) is 21.2 Å². The van der Waals surface area contributed by atoms with Crippen LogP contribution in [0.15, 0.2) is 52.7 Å². The molecule has 2 aromatic carbocycles. The van der Waals surface area contributed by atoms with Gasteiger partial charge in [0.15, 0.2) is 5.13 Å². The number of hydrogen-bond donors (Lipinski definition) is 1. The molecule has 0 saturated carbocycles. The zero-order chi connectivity index (χ0) is 20.5. The Morgan fingerprint density at radius 2 is 1.89 bits per heavy atom. The van der Waals surface area contributed by atoms with Crippen LogP contribution in [0.3, 0.4) is 0 Å². The van der Waals surface area contributed by atoms with E-state index in [4.69, 9.17) is 11.6 Å². The van der Waals surface area contributed by atoms with E-state index in [0.29, 0.717) is 5.13 Å². The summed E-state index contributed by atoms with van der Waals surface area (Å²) in [4.78, 5) is 16.5. The topological polar surface area (TPSA) is 79.4 Å². The number of thiazole rings is 1. The number of halogens is 2. The number of nitrogens with one attached hydrogen (secondary N) is 1. The van der Waals surface area contributed by atoms with Crippen LogP contribution in [0.2, 0.25) is 5.02 Å². The summed E-state index contributed by atoms with van der Waals surface area (Å²) in [7, 11) is -2.64. The highest BCUT2D eigenvalue weighted by Crippen LogP contribution is 2.27. The van der Waals surface area contributed by atoms with Crippen molar-refractivity contribution in [3.05, 3.63) is 69.9 Å². The van der Waals surface area contributed by atoms with Crippen molar-refractivity contribution >= 4 is 49.7 Å². The van der Waals surface area contributed by atoms with Crippen molar-refractivity contribution in [2.24, 2.45) is 0 Å². The molecule has 3 aromatic rings. The third-order valence-electron chi connectivity index (χ3n) is 3.87. The molecular weight excluding hydrogens is 425 g/mol. The number of anilines is 2. The molecule has 0 aliphatic carbocycles. The van der Waals surface area contributed by atoms with Gasteiger partial charge < -0.3 is 0 Å². The summed E-state index contributed by atoms with van der Waals surface area (Å²) in [5.74, 6) is -1.04. The standard InChI is InChI=1S/C18H15ClFN3O3S2/c1-11-10-27-18(21-11)22-17(24)15-9-14(7-8-16(15)19)28(25,26)23(2)13-5-3-12(20)4-6-13/h3-10H,1-2H3,(H,21,22,24). The summed E-state index contributed by atoms with van der Waals surface area (Å²) < 4.78 is 39.9. The molecule has 0 spiro atoms. The predicted octanol–water partition coefficient (Wildman–Crippen LogP) is 4.32. The number of amides is 1. The molecule has 0 bridgehead atoms. The number of rotatable bonds is 5. The third kappa shape index (κ3) is 4.16. The van der Waals surface area contributed by atoms with Gasteiger partial charge in [0.05, 0.1) is 26.9 Å². The van der Waals surface area contributed by atoms with Crippen molar-refractivity contribution < 1.29 is 17.6 Å². The number of aryl methyl sites for hydroxylation is 1. The Balaban J connectivity index is 1.93. The van der Waals surface area contributed by atoms with Crippen molar-refractivity contribution in [3.63, 3.8) is 0 Å². The number of nitrogens with zero attached hydrogens (tertiary/aromatic N) is 2. The van der Waals surface area contributed by atoms with Gasteiger partial charge in [-0.05, 0) is 49.4 Å². The molecule has 0 saturated heterocycles. The van der Waals surface area contributed by atoms with Crippen LogP contribution in [0.25, 0.3) is 0 Å². The minimum Gasteiger partial charge on any atom is -0.298 e. The largest absolute Gasteiger partial charge is 0.298 e. The van der Waals surface area contributed by atoms with Gasteiger partial charge in [0.1, 0.15) is 5.82 Å². The number of hydrogen-bond acceptors (Lipinski definition) is 5. The quantitative estimate of drug-likeness (QED) is 0.642. The first-order valence-corrected chi connectivity index (χ1v) is 10.7. The highest BCUT2D eigenvalue weighted by atomic mass is 35.5. The monoisotopic (exact) mass is 439 g/mol. The molecule has 10 heteroatoms. The van der Waals surface area contributed by atoms with E-state index in [9.17, 15) is 17.6 Å². The predicted molar refractivity (Wildman–Crippen MR) is 108 cm³/mol. The zero-order valence-corrected chi connectivity index (χ0v) is 17.2. The molecule has 0 fully saturated rings. The lowest BCUT2D eigenvalue weighted by Crippen LogP contribution is -2.27. The molecule has 28 heavy (non-hydrogen) atoms. The van der Waals surface area contributed by atoms with E-state index in [2.05, 4.69) is 10.3 Å². The molecule has 0 radical (unpaired) electrons. The highest BCUT2D eigenvalue weighted by molar-refractivity contribution is 7.92. The van der Waals surface area contributed by atoms with Gasteiger partial charge in [-0.2, -0.15) is 0 Å². The summed E-state index contributed by atoms with van der Waals surface area (Å²) in [6.07, 6.45) is 0. The Morgan fingerprint density at radius 3 is 2.50 bits per heavy atom. The minimum atomic E-state index is -3.99. The fourth-order valence-corrected chi connectivity index (χ4v) is 4.47. The van der Waals surface area contributed by atoms with Crippen molar-refractivity contribution in [2.45, 2.75) is 11.8 Å². The Labute approximate surface area is 170 Å². The molecule has 3 rings (SSSR count). The van der Waals surface area contributed by atoms with Crippen LogP contribution in [0.4, 0.5) is 15.2 Å². The van der Waals surface area contributed by atoms with Crippen molar-refractivity contribution in [3.8, 4) is 0 Å². The molecule has 1 heterocycles. The lowest BCUT2D eigenvalue weighted by Gasteiger charge is -2.20. The average Bonchev–Trinajstić information content (AvgIpc) is 3.06. The first-order valence-electron chi connectivity index (χ1n) is 7.96. The van der Waals surface area contributed by atoms with Crippen LogP contribution in [0, 0.1) is 12.7 Å². The molecule has 0 unspecified atom stereocenters. The molecule has 146 valence electrons. The minimum absolute atomic E-state index is 0.00287. The van der Waals surface area contributed by atoms with Crippen LogP contribution in [-0.4, -0.2) is 26.4 Å². The Kier molecular flexibility index (Phi) is 5.69. The summed E-state index contributed by atoms with van der Waals surface area (Å²) in [5, 5.41) is 4.86. The third-order valence-corrected chi connectivity index (χ3v) is 6.86. The van der Waals surface area contributed by atoms with Crippen LogP contribution in [-0.2, 0) is 10.0 Å². The van der Waals surface area contributed by atoms with E-state index in [0.717, 1.165) is 22.1 Å². The fraction of sp³-hybridized carbons (Fsp3) is 0.111. The molecule has 0 aliphatic rings. The number of aromatic nitrogens is 1. The number of benzene rings is 2.